The number of nitrogens with one attached hydrogen (secondary N) is 2. The molecule has 7 nitrogen and oxygen atoms in total. The van der Waals surface area contributed by atoms with Crippen molar-refractivity contribution < 1.29 is 22.7 Å². The smallest absolute Gasteiger partial charge is 0.261 e. The Labute approximate surface area is 191 Å². The van der Waals surface area contributed by atoms with Gasteiger partial charge in [0.05, 0.1) is 10.1 Å². The molecule has 0 bridgehead atoms. The summed E-state index contributed by atoms with van der Waals surface area (Å²) in [5.41, 5.74) is 1.09. The largest absolute Gasteiger partial charge is 0.486 e. The van der Waals surface area contributed by atoms with Crippen molar-refractivity contribution in [2.45, 2.75) is 22.0 Å². The van der Waals surface area contributed by atoms with Crippen molar-refractivity contribution in [2.75, 3.05) is 23.3 Å². The standard InChI is InChI=1S/C23H22N2O5S2/c1-16(23(26)24-18-9-12-21-22(15-18)30-14-13-29-21)31-19-10-7-17(8-11-19)25-32(27,28)20-5-3-2-4-6-20/h2-12,15-16,25H,13-14H2,1H3,(H,24,26). The molecule has 0 fully saturated rings. The van der Waals surface area contributed by atoms with E-state index < -0.39 is 10.0 Å². The molecule has 9 heteroatoms. The molecule has 0 radical (unpaired) electrons. The monoisotopic (exact) mass is 470 g/mol. The lowest BCUT2D eigenvalue weighted by Gasteiger charge is -2.19. The highest BCUT2D eigenvalue weighted by atomic mass is 32.2. The number of ether oxygens (including phenoxy) is 2. The third kappa shape index (κ3) is 5.35. The van der Waals surface area contributed by atoms with Gasteiger partial charge in [0.15, 0.2) is 11.5 Å². The summed E-state index contributed by atoms with van der Waals surface area (Å²) < 4.78 is 38.5. The molecular formula is C23H22N2O5S2. The van der Waals surface area contributed by atoms with Gasteiger partial charge in [0.25, 0.3) is 10.0 Å². The fourth-order valence-corrected chi connectivity index (χ4v) is 4.99. The highest BCUT2D eigenvalue weighted by Crippen LogP contribution is 2.33. The fraction of sp³-hybridized carbons (Fsp3) is 0.174. The molecule has 3 aromatic rings. The number of hydrogen-bond donors (Lipinski definition) is 2. The van der Waals surface area contributed by atoms with E-state index in [4.69, 9.17) is 9.47 Å². The molecule has 0 aromatic heterocycles. The molecule has 2 N–H and O–H groups in total. The molecule has 3 aromatic carbocycles. The van der Waals surface area contributed by atoms with Gasteiger partial charge in [-0.15, -0.1) is 11.8 Å². The van der Waals surface area contributed by atoms with E-state index in [2.05, 4.69) is 10.0 Å². The molecule has 0 saturated heterocycles. The van der Waals surface area contributed by atoms with Crippen molar-refractivity contribution in [3.05, 3.63) is 72.8 Å². The van der Waals surface area contributed by atoms with E-state index in [1.54, 1.807) is 60.7 Å². The predicted molar refractivity (Wildman–Crippen MR) is 125 cm³/mol. The van der Waals surface area contributed by atoms with Crippen LogP contribution in [0, 0.1) is 0 Å². The molecule has 1 heterocycles. The third-order valence-electron chi connectivity index (χ3n) is 4.65. The van der Waals surface area contributed by atoms with Crippen molar-refractivity contribution >= 4 is 39.1 Å². The Bertz CT molecular complexity index is 1200. The number of rotatable bonds is 7. The number of benzene rings is 3. The van der Waals surface area contributed by atoms with Gasteiger partial charge in [0.2, 0.25) is 5.91 Å². The minimum atomic E-state index is -3.64. The Hall–Kier alpha value is -3.17. The van der Waals surface area contributed by atoms with E-state index >= 15 is 0 Å². The van der Waals surface area contributed by atoms with Crippen molar-refractivity contribution in [3.8, 4) is 11.5 Å². The van der Waals surface area contributed by atoms with Crippen molar-refractivity contribution in [2.24, 2.45) is 0 Å². The fourth-order valence-electron chi connectivity index (χ4n) is 3.04. The molecule has 4 rings (SSSR count). The number of carbonyl (C=O) groups is 1. The van der Waals surface area contributed by atoms with Gasteiger partial charge in [-0.3, -0.25) is 9.52 Å². The Morgan fingerprint density at radius 2 is 1.56 bits per heavy atom. The van der Waals surface area contributed by atoms with Gasteiger partial charge >= 0.3 is 0 Å². The van der Waals surface area contributed by atoms with Crippen molar-refractivity contribution in [1.82, 2.24) is 0 Å². The summed E-state index contributed by atoms with van der Waals surface area (Å²) in [6, 6.07) is 20.4. The number of thioether (sulfide) groups is 1. The highest BCUT2D eigenvalue weighted by molar-refractivity contribution is 8.00. The second-order valence-electron chi connectivity index (χ2n) is 7.05. The number of anilines is 2. The summed E-state index contributed by atoms with van der Waals surface area (Å²) in [6.07, 6.45) is 0. The molecule has 1 amide bonds. The van der Waals surface area contributed by atoms with Gasteiger partial charge in [0, 0.05) is 22.3 Å². The van der Waals surface area contributed by atoms with Gasteiger partial charge in [-0.2, -0.15) is 0 Å². The molecular weight excluding hydrogens is 448 g/mol. The van der Waals surface area contributed by atoms with Crippen LogP contribution in [0.25, 0.3) is 0 Å². The number of hydrogen-bond acceptors (Lipinski definition) is 6. The Kier molecular flexibility index (Phi) is 6.57. The zero-order valence-corrected chi connectivity index (χ0v) is 18.9. The highest BCUT2D eigenvalue weighted by Gasteiger charge is 2.18. The van der Waals surface area contributed by atoms with Crippen LogP contribution in [0.2, 0.25) is 0 Å². The molecule has 32 heavy (non-hydrogen) atoms. The molecule has 0 spiro atoms. The van der Waals surface area contributed by atoms with Gasteiger partial charge in [-0.1, -0.05) is 18.2 Å². The molecule has 1 unspecified atom stereocenters. The van der Waals surface area contributed by atoms with E-state index in [1.165, 1.54) is 23.9 Å². The lowest BCUT2D eigenvalue weighted by molar-refractivity contribution is -0.115. The van der Waals surface area contributed by atoms with Crippen LogP contribution in [-0.2, 0) is 14.8 Å². The average Bonchev–Trinajstić information content (AvgIpc) is 2.80. The second kappa shape index (κ2) is 9.54. The van der Waals surface area contributed by atoms with E-state index in [0.29, 0.717) is 36.1 Å². The lowest BCUT2D eigenvalue weighted by atomic mass is 10.2. The predicted octanol–water partition coefficient (Wildman–Crippen LogP) is 4.38. The first kappa shape index (κ1) is 22.0. The molecule has 166 valence electrons. The first-order valence-electron chi connectivity index (χ1n) is 9.96. The number of sulfonamides is 1. The van der Waals surface area contributed by atoms with Crippen molar-refractivity contribution in [1.29, 1.82) is 0 Å². The Morgan fingerprint density at radius 1 is 0.906 bits per heavy atom. The second-order valence-corrected chi connectivity index (χ2v) is 10.1. The maximum absolute atomic E-state index is 12.6. The van der Waals surface area contributed by atoms with Gasteiger partial charge in [0.1, 0.15) is 13.2 Å². The van der Waals surface area contributed by atoms with Gasteiger partial charge in [-0.05, 0) is 55.5 Å². The lowest BCUT2D eigenvalue weighted by Crippen LogP contribution is -2.22. The van der Waals surface area contributed by atoms with Crippen LogP contribution in [0.15, 0.2) is 82.6 Å². The normalized spacial score (nSPS) is 13.8. The Balaban J connectivity index is 1.35. The van der Waals surface area contributed by atoms with Crippen LogP contribution in [0.3, 0.4) is 0 Å². The maximum Gasteiger partial charge on any atom is 0.261 e. The number of fused-ring (bicyclic) bond motifs is 1. The summed E-state index contributed by atoms with van der Waals surface area (Å²) in [4.78, 5) is 13.6. The molecule has 1 aliphatic heterocycles. The first-order chi connectivity index (χ1) is 15.4. The number of amides is 1. The number of carbonyl (C=O) groups excluding carboxylic acids is 1. The molecule has 1 aliphatic rings. The van der Waals surface area contributed by atoms with Crippen molar-refractivity contribution in [3.63, 3.8) is 0 Å². The third-order valence-corrected chi connectivity index (χ3v) is 7.16. The molecule has 0 aliphatic carbocycles. The minimum Gasteiger partial charge on any atom is -0.486 e. The summed E-state index contributed by atoms with van der Waals surface area (Å²) in [6.45, 7) is 2.80. The first-order valence-corrected chi connectivity index (χ1v) is 12.3. The van der Waals surface area contributed by atoms with E-state index in [-0.39, 0.29) is 16.1 Å². The maximum atomic E-state index is 12.6. The molecule has 1 atom stereocenters. The summed E-state index contributed by atoms with van der Waals surface area (Å²) in [5.74, 6) is 1.13. The minimum absolute atomic E-state index is 0.152. The van der Waals surface area contributed by atoms with Crippen LogP contribution < -0.4 is 19.5 Å². The topological polar surface area (TPSA) is 93.7 Å². The summed E-state index contributed by atoms with van der Waals surface area (Å²) >= 11 is 1.38. The van der Waals surface area contributed by atoms with Crippen LogP contribution in [-0.4, -0.2) is 32.8 Å². The summed E-state index contributed by atoms with van der Waals surface area (Å²) in [5, 5.41) is 2.52. The van der Waals surface area contributed by atoms with Gasteiger partial charge in [-0.25, -0.2) is 8.42 Å². The van der Waals surface area contributed by atoms with E-state index in [9.17, 15) is 13.2 Å². The molecule has 0 saturated carbocycles. The zero-order valence-electron chi connectivity index (χ0n) is 17.3. The quantitative estimate of drug-likeness (QED) is 0.498. The zero-order chi connectivity index (χ0) is 22.6. The van der Waals surface area contributed by atoms with E-state index in [1.807, 2.05) is 6.92 Å². The van der Waals surface area contributed by atoms with Crippen LogP contribution in [0.4, 0.5) is 11.4 Å². The Morgan fingerprint density at radius 3 is 2.28 bits per heavy atom. The summed E-state index contributed by atoms with van der Waals surface area (Å²) in [7, 11) is -3.64. The van der Waals surface area contributed by atoms with Gasteiger partial charge < -0.3 is 14.8 Å². The van der Waals surface area contributed by atoms with E-state index in [0.717, 1.165) is 4.90 Å². The van der Waals surface area contributed by atoms with Crippen LogP contribution >= 0.6 is 11.8 Å². The SMILES string of the molecule is CC(Sc1ccc(NS(=O)(=O)c2ccccc2)cc1)C(=O)Nc1ccc2c(c1)OCCO2. The average molecular weight is 471 g/mol. The van der Waals surface area contributed by atoms with Crippen LogP contribution in [0.5, 0.6) is 11.5 Å². The van der Waals surface area contributed by atoms with Crippen LogP contribution in [0.1, 0.15) is 6.92 Å².